The van der Waals surface area contributed by atoms with E-state index in [2.05, 4.69) is 52.1 Å². The van der Waals surface area contributed by atoms with Crippen LogP contribution in [0, 0.1) is 0 Å². The maximum Gasteiger partial charge on any atom is 0.321 e. The van der Waals surface area contributed by atoms with E-state index in [0.717, 1.165) is 43.5 Å². The SMILES string of the molecule is C.Nc1ncc(Cc2cccnc2Cl)s1.O=C(Nc1ncc(Cc2ccccc2Cl)s1)C(Br)c1ccccc1.O=C(O)C(Br)c1ccccc1. The van der Waals surface area contributed by atoms with Gasteiger partial charge in [0.2, 0.25) is 5.91 Å². The zero-order valence-electron chi connectivity index (χ0n) is 25.5. The van der Waals surface area contributed by atoms with Crippen LogP contribution in [-0.4, -0.2) is 31.9 Å². The van der Waals surface area contributed by atoms with Gasteiger partial charge in [0.1, 0.15) is 14.8 Å². The molecular weight excluding hydrogens is 845 g/mol. The molecule has 0 bridgehead atoms. The van der Waals surface area contributed by atoms with Crippen LogP contribution < -0.4 is 11.1 Å². The van der Waals surface area contributed by atoms with Gasteiger partial charge in [-0.25, -0.2) is 15.0 Å². The molecule has 260 valence electrons. The molecule has 3 aromatic carbocycles. The number of halogens is 4. The van der Waals surface area contributed by atoms with Crippen molar-refractivity contribution < 1.29 is 14.7 Å². The maximum absolute atomic E-state index is 12.3. The molecule has 6 rings (SSSR count). The van der Waals surface area contributed by atoms with Gasteiger partial charge in [-0.15, -0.1) is 22.7 Å². The highest BCUT2D eigenvalue weighted by atomic mass is 79.9. The number of nitrogens with one attached hydrogen (secondary N) is 1. The maximum atomic E-state index is 12.3. The largest absolute Gasteiger partial charge is 0.480 e. The van der Waals surface area contributed by atoms with Crippen LogP contribution in [0.15, 0.2) is 116 Å². The molecule has 14 heteroatoms. The third-order valence-electron chi connectivity index (χ3n) is 6.51. The van der Waals surface area contributed by atoms with Gasteiger partial charge < -0.3 is 16.2 Å². The van der Waals surface area contributed by atoms with E-state index in [1.54, 1.807) is 30.7 Å². The van der Waals surface area contributed by atoms with Gasteiger partial charge in [-0.1, -0.05) is 147 Å². The summed E-state index contributed by atoms with van der Waals surface area (Å²) in [6, 6.07) is 30.1. The topological polar surface area (TPSA) is 131 Å². The van der Waals surface area contributed by atoms with Crippen LogP contribution in [0.5, 0.6) is 0 Å². The minimum absolute atomic E-state index is 0. The van der Waals surface area contributed by atoms with Gasteiger partial charge in [-0.05, 0) is 34.4 Å². The Kier molecular flexibility index (Phi) is 17.0. The fraction of sp³-hybridized carbons (Fsp3) is 0.139. The van der Waals surface area contributed by atoms with Gasteiger partial charge in [0.25, 0.3) is 0 Å². The zero-order chi connectivity index (χ0) is 35.2. The quantitative estimate of drug-likeness (QED) is 0.0974. The van der Waals surface area contributed by atoms with Crippen LogP contribution in [-0.2, 0) is 22.4 Å². The number of carboxylic acid groups (broad SMARTS) is 1. The van der Waals surface area contributed by atoms with E-state index in [4.69, 9.17) is 34.0 Å². The van der Waals surface area contributed by atoms with Gasteiger partial charge in [0.05, 0.1) is 0 Å². The Bertz CT molecular complexity index is 1950. The van der Waals surface area contributed by atoms with Crippen molar-refractivity contribution in [1.29, 1.82) is 0 Å². The number of carbonyl (C=O) groups is 2. The van der Waals surface area contributed by atoms with Crippen molar-refractivity contribution in [3.63, 3.8) is 0 Å². The highest BCUT2D eigenvalue weighted by molar-refractivity contribution is 9.09. The Hall–Kier alpha value is -3.65. The number of hydrogen-bond acceptors (Lipinski definition) is 8. The molecule has 0 spiro atoms. The molecule has 0 saturated carbocycles. The second-order valence-electron chi connectivity index (χ2n) is 10.1. The van der Waals surface area contributed by atoms with E-state index in [-0.39, 0.29) is 13.3 Å². The average Bonchev–Trinajstić information content (AvgIpc) is 3.75. The molecule has 8 nitrogen and oxygen atoms in total. The summed E-state index contributed by atoms with van der Waals surface area (Å²) in [6.07, 6.45) is 6.65. The lowest BCUT2D eigenvalue weighted by molar-refractivity contribution is -0.136. The van der Waals surface area contributed by atoms with Crippen molar-refractivity contribution >= 4 is 99.9 Å². The molecule has 2 atom stereocenters. The van der Waals surface area contributed by atoms with Gasteiger partial charge in [-0.3, -0.25) is 9.59 Å². The van der Waals surface area contributed by atoms with E-state index in [9.17, 15) is 9.59 Å². The predicted molar refractivity (Wildman–Crippen MR) is 214 cm³/mol. The van der Waals surface area contributed by atoms with Crippen LogP contribution in [0.4, 0.5) is 10.3 Å². The lowest BCUT2D eigenvalue weighted by atomic mass is 10.1. The normalized spacial score (nSPS) is 11.4. The van der Waals surface area contributed by atoms with E-state index < -0.39 is 15.6 Å². The molecule has 0 fully saturated rings. The van der Waals surface area contributed by atoms with Crippen molar-refractivity contribution in [2.45, 2.75) is 29.9 Å². The minimum Gasteiger partial charge on any atom is -0.480 e. The number of anilines is 2. The number of thiazole rings is 2. The number of hydrogen-bond donors (Lipinski definition) is 3. The number of nitrogen functional groups attached to an aromatic ring is 1. The molecule has 6 aromatic rings. The first-order valence-corrected chi connectivity index (χ1v) is 18.7. The lowest BCUT2D eigenvalue weighted by Crippen LogP contribution is -2.16. The molecule has 2 unspecified atom stereocenters. The fourth-order valence-corrected chi connectivity index (χ4v) is 6.79. The Labute approximate surface area is 326 Å². The third-order valence-corrected chi connectivity index (χ3v) is 10.8. The molecule has 3 heterocycles. The second kappa shape index (κ2) is 20.9. The molecule has 0 aliphatic heterocycles. The summed E-state index contributed by atoms with van der Waals surface area (Å²) in [4.78, 5) is 36.2. The summed E-state index contributed by atoms with van der Waals surface area (Å²) in [7, 11) is 0. The first-order valence-electron chi connectivity index (χ1n) is 14.5. The van der Waals surface area contributed by atoms with Gasteiger partial charge >= 0.3 is 5.97 Å². The Balaban J connectivity index is 0.000000221. The monoisotopic (exact) mass is 875 g/mol. The summed E-state index contributed by atoms with van der Waals surface area (Å²) in [5.41, 5.74) is 9.24. The van der Waals surface area contributed by atoms with Crippen molar-refractivity contribution in [3.05, 3.63) is 158 Å². The summed E-state index contributed by atoms with van der Waals surface area (Å²) >= 11 is 21.5. The minimum atomic E-state index is -0.865. The number of alkyl halides is 2. The average molecular weight is 879 g/mol. The number of amides is 1. The van der Waals surface area contributed by atoms with E-state index in [1.165, 1.54) is 22.7 Å². The van der Waals surface area contributed by atoms with Crippen LogP contribution in [0.1, 0.15) is 49.1 Å². The van der Waals surface area contributed by atoms with Crippen molar-refractivity contribution in [3.8, 4) is 0 Å². The summed E-state index contributed by atoms with van der Waals surface area (Å²) in [6.45, 7) is 0. The first-order chi connectivity index (χ1) is 23.6. The molecule has 4 N–H and O–H groups in total. The third kappa shape index (κ3) is 12.9. The van der Waals surface area contributed by atoms with Gasteiger partial charge in [0, 0.05) is 46.2 Å². The molecular formula is C36H33Br2Cl2N5O3S2. The highest BCUT2D eigenvalue weighted by Gasteiger charge is 2.18. The van der Waals surface area contributed by atoms with Gasteiger partial charge in [-0.2, -0.15) is 0 Å². The molecule has 0 aliphatic carbocycles. The number of aliphatic carboxylic acids is 1. The van der Waals surface area contributed by atoms with E-state index in [0.29, 0.717) is 21.8 Å². The molecule has 3 aromatic heterocycles. The number of pyridine rings is 1. The van der Waals surface area contributed by atoms with Gasteiger partial charge in [0.15, 0.2) is 10.3 Å². The summed E-state index contributed by atoms with van der Waals surface area (Å²) in [5.74, 6) is -1.00. The van der Waals surface area contributed by atoms with E-state index in [1.807, 2.05) is 84.9 Å². The number of aromatic nitrogens is 3. The van der Waals surface area contributed by atoms with Crippen LogP contribution in [0.3, 0.4) is 0 Å². The van der Waals surface area contributed by atoms with E-state index >= 15 is 0 Å². The molecule has 50 heavy (non-hydrogen) atoms. The molecule has 0 aliphatic rings. The number of benzene rings is 3. The van der Waals surface area contributed by atoms with Crippen molar-refractivity contribution in [2.24, 2.45) is 0 Å². The molecule has 0 radical (unpaired) electrons. The zero-order valence-corrected chi connectivity index (χ0v) is 31.9. The molecule has 1 amide bonds. The smallest absolute Gasteiger partial charge is 0.321 e. The van der Waals surface area contributed by atoms with Crippen molar-refractivity contribution in [1.82, 2.24) is 15.0 Å². The standard InChI is InChI=1S/C18H14BrClN2OS.C9H8ClN3S.C8H7BrO2.CH4/c19-16(12-6-2-1-3-7-12)17(23)22-18-21-11-14(24-18)10-13-8-4-5-9-15(13)20;10-8-6(2-1-3-12-8)4-7-5-13-9(11)14-7;9-7(8(10)11)6-4-2-1-3-5-6;/h1-9,11,16H,10H2,(H,21,22,23);1-3,5H,4H2,(H2,11,13);1-5,7H,(H,10,11);1H4. The number of nitrogens with two attached hydrogens (primary N) is 1. The number of carbonyl (C=O) groups excluding carboxylic acids is 1. The highest BCUT2D eigenvalue weighted by Crippen LogP contribution is 2.28. The van der Waals surface area contributed by atoms with Crippen LogP contribution >= 0.6 is 77.7 Å². The van der Waals surface area contributed by atoms with Crippen molar-refractivity contribution in [2.75, 3.05) is 11.1 Å². The fourth-order valence-electron chi connectivity index (χ4n) is 4.13. The number of nitrogens with zero attached hydrogens (tertiary/aromatic N) is 3. The first kappa shape index (κ1) is 40.8. The second-order valence-corrected chi connectivity index (χ2v) is 14.9. The number of rotatable bonds is 9. The predicted octanol–water partition coefficient (Wildman–Crippen LogP) is 10.7. The Morgan fingerprint density at radius 2 is 1.28 bits per heavy atom. The Morgan fingerprint density at radius 3 is 1.86 bits per heavy atom. The van der Waals surface area contributed by atoms with Crippen LogP contribution in [0.25, 0.3) is 0 Å². The van der Waals surface area contributed by atoms with Crippen LogP contribution in [0.2, 0.25) is 10.2 Å². The molecule has 0 saturated heterocycles. The summed E-state index contributed by atoms with van der Waals surface area (Å²) < 4.78 is 0. The Morgan fingerprint density at radius 1 is 0.740 bits per heavy atom. The summed E-state index contributed by atoms with van der Waals surface area (Å²) in [5, 5.41) is 13.9. The number of carboxylic acids is 1. The lowest BCUT2D eigenvalue weighted by Gasteiger charge is -2.09.